The number of hydrogen-bond acceptors (Lipinski definition) is 2. The van der Waals surface area contributed by atoms with Gasteiger partial charge in [-0.1, -0.05) is 19.1 Å². The molecule has 0 aliphatic heterocycles. The summed E-state index contributed by atoms with van der Waals surface area (Å²) in [5.41, 5.74) is 4.97. The molecule has 0 spiro atoms. The number of amides is 2. The molecule has 0 bridgehead atoms. The van der Waals surface area contributed by atoms with Crippen LogP contribution in [0.1, 0.15) is 38.8 Å². The van der Waals surface area contributed by atoms with E-state index in [0.29, 0.717) is 5.56 Å². The Morgan fingerprint density at radius 3 is 1.62 bits per heavy atom. The lowest BCUT2D eigenvalue weighted by Gasteiger charge is -2.09. The van der Waals surface area contributed by atoms with Crippen molar-refractivity contribution in [2.24, 2.45) is 0 Å². The van der Waals surface area contributed by atoms with Gasteiger partial charge in [0.15, 0.2) is 0 Å². The summed E-state index contributed by atoms with van der Waals surface area (Å²) in [5, 5.41) is 0. The van der Waals surface area contributed by atoms with Gasteiger partial charge in [-0.25, -0.2) is 0 Å². The van der Waals surface area contributed by atoms with Crippen molar-refractivity contribution in [3.8, 4) is 0 Å². The fraction of sp³-hybridized carbons (Fsp3) is 0.176. The lowest BCUT2D eigenvalue weighted by Crippen LogP contribution is -2.41. The van der Waals surface area contributed by atoms with Crippen LogP contribution in [-0.2, 0) is 12.6 Å². The molecule has 0 radical (unpaired) electrons. The number of hydrazine groups is 1. The molecule has 24 heavy (non-hydrogen) atoms. The minimum atomic E-state index is -4.46. The molecule has 0 saturated carbocycles. The molecule has 2 N–H and O–H groups in total. The number of nitrogens with one attached hydrogen (secondary N) is 2. The molecule has 0 atom stereocenters. The van der Waals surface area contributed by atoms with E-state index in [1.54, 1.807) is 24.3 Å². The van der Waals surface area contributed by atoms with Crippen molar-refractivity contribution in [1.82, 2.24) is 10.9 Å². The Balaban J connectivity index is 1.95. The van der Waals surface area contributed by atoms with E-state index in [-0.39, 0.29) is 5.56 Å². The zero-order chi connectivity index (χ0) is 17.7. The summed E-state index contributed by atoms with van der Waals surface area (Å²) in [6.45, 7) is 1.99. The SMILES string of the molecule is CCc1ccc(C(=O)NNC(=O)c2ccc(C(F)(F)F)cc2)cc1. The second-order valence-electron chi connectivity index (χ2n) is 5.03. The zero-order valence-corrected chi connectivity index (χ0v) is 12.8. The highest BCUT2D eigenvalue weighted by Crippen LogP contribution is 2.28. The Morgan fingerprint density at radius 2 is 1.25 bits per heavy atom. The van der Waals surface area contributed by atoms with Crippen molar-refractivity contribution in [2.75, 3.05) is 0 Å². The van der Waals surface area contributed by atoms with Crippen LogP contribution < -0.4 is 10.9 Å². The number of halogens is 3. The summed E-state index contributed by atoms with van der Waals surface area (Å²) in [4.78, 5) is 23.7. The zero-order valence-electron chi connectivity index (χ0n) is 12.8. The van der Waals surface area contributed by atoms with Crippen LogP contribution in [-0.4, -0.2) is 11.8 Å². The van der Waals surface area contributed by atoms with Crippen LogP contribution in [0, 0.1) is 0 Å². The first kappa shape index (κ1) is 17.5. The first-order valence-corrected chi connectivity index (χ1v) is 7.18. The summed E-state index contributed by atoms with van der Waals surface area (Å²) in [6.07, 6.45) is -3.62. The summed E-state index contributed by atoms with van der Waals surface area (Å²) >= 11 is 0. The minimum absolute atomic E-state index is 0.00429. The average Bonchev–Trinajstić information content (AvgIpc) is 2.58. The third kappa shape index (κ3) is 4.34. The topological polar surface area (TPSA) is 58.2 Å². The Kier molecular flexibility index (Phi) is 5.23. The van der Waals surface area contributed by atoms with Crippen molar-refractivity contribution in [3.63, 3.8) is 0 Å². The maximum absolute atomic E-state index is 12.5. The Bertz CT molecular complexity index is 723. The van der Waals surface area contributed by atoms with Gasteiger partial charge in [0.2, 0.25) is 0 Å². The molecule has 0 aliphatic carbocycles. The molecular weight excluding hydrogens is 321 g/mol. The average molecular weight is 336 g/mol. The van der Waals surface area contributed by atoms with Gasteiger partial charge in [-0.2, -0.15) is 13.2 Å². The third-order valence-electron chi connectivity index (χ3n) is 3.39. The van der Waals surface area contributed by atoms with Crippen molar-refractivity contribution >= 4 is 11.8 Å². The van der Waals surface area contributed by atoms with Crippen LogP contribution in [0.4, 0.5) is 13.2 Å². The predicted molar refractivity (Wildman–Crippen MR) is 82.2 cm³/mol. The standard InChI is InChI=1S/C17H15F3N2O2/c1-2-11-3-5-12(6-4-11)15(23)21-22-16(24)13-7-9-14(10-8-13)17(18,19)20/h3-10H,2H2,1H3,(H,21,23)(H,22,24). The molecule has 0 fully saturated rings. The summed E-state index contributed by atoms with van der Waals surface area (Å²) < 4.78 is 37.4. The number of rotatable bonds is 3. The monoisotopic (exact) mass is 336 g/mol. The number of hydrogen-bond donors (Lipinski definition) is 2. The molecule has 0 aliphatic rings. The third-order valence-corrected chi connectivity index (χ3v) is 3.39. The molecule has 126 valence electrons. The molecule has 2 rings (SSSR count). The summed E-state index contributed by atoms with van der Waals surface area (Å²) in [6, 6.07) is 10.5. The van der Waals surface area contributed by atoms with Crippen LogP contribution in [0.25, 0.3) is 0 Å². The van der Waals surface area contributed by atoms with Crippen LogP contribution in [0.15, 0.2) is 48.5 Å². The van der Waals surface area contributed by atoms with Crippen LogP contribution >= 0.6 is 0 Å². The predicted octanol–water partition coefficient (Wildman–Crippen LogP) is 3.34. The number of carbonyl (C=O) groups excluding carboxylic acids is 2. The van der Waals surface area contributed by atoms with Gasteiger partial charge in [-0.05, 0) is 48.4 Å². The van der Waals surface area contributed by atoms with Crippen LogP contribution in [0.3, 0.4) is 0 Å². The fourth-order valence-electron chi connectivity index (χ4n) is 1.96. The lowest BCUT2D eigenvalue weighted by atomic mass is 10.1. The number of benzene rings is 2. The maximum Gasteiger partial charge on any atom is 0.416 e. The Hall–Kier alpha value is -2.83. The molecule has 0 unspecified atom stereocenters. The molecule has 2 aromatic carbocycles. The summed E-state index contributed by atoms with van der Waals surface area (Å²) in [5.74, 6) is -1.22. The van der Waals surface area contributed by atoms with Gasteiger partial charge in [0.25, 0.3) is 11.8 Å². The van der Waals surface area contributed by atoms with E-state index < -0.39 is 23.6 Å². The van der Waals surface area contributed by atoms with Crippen LogP contribution in [0.2, 0.25) is 0 Å². The van der Waals surface area contributed by atoms with E-state index in [1.807, 2.05) is 6.92 Å². The van der Waals surface area contributed by atoms with Crippen molar-refractivity contribution in [1.29, 1.82) is 0 Å². The van der Waals surface area contributed by atoms with E-state index in [0.717, 1.165) is 36.2 Å². The molecule has 2 amide bonds. The normalized spacial score (nSPS) is 11.0. The number of aryl methyl sites for hydroxylation is 1. The van der Waals surface area contributed by atoms with Crippen molar-refractivity contribution in [2.45, 2.75) is 19.5 Å². The van der Waals surface area contributed by atoms with Gasteiger partial charge in [0.1, 0.15) is 0 Å². The fourth-order valence-corrected chi connectivity index (χ4v) is 1.96. The van der Waals surface area contributed by atoms with Gasteiger partial charge >= 0.3 is 6.18 Å². The molecule has 0 heterocycles. The molecule has 2 aromatic rings. The molecule has 0 saturated heterocycles. The minimum Gasteiger partial charge on any atom is -0.267 e. The van der Waals surface area contributed by atoms with Crippen LogP contribution in [0.5, 0.6) is 0 Å². The number of alkyl halides is 3. The van der Waals surface area contributed by atoms with E-state index in [2.05, 4.69) is 10.9 Å². The molecule has 4 nitrogen and oxygen atoms in total. The Labute approximate surface area is 136 Å². The largest absolute Gasteiger partial charge is 0.416 e. The lowest BCUT2D eigenvalue weighted by molar-refractivity contribution is -0.137. The second-order valence-corrected chi connectivity index (χ2v) is 5.03. The first-order valence-electron chi connectivity index (χ1n) is 7.18. The second kappa shape index (κ2) is 7.16. The quantitative estimate of drug-likeness (QED) is 0.845. The van der Waals surface area contributed by atoms with E-state index in [4.69, 9.17) is 0 Å². The van der Waals surface area contributed by atoms with Gasteiger partial charge in [-0.15, -0.1) is 0 Å². The van der Waals surface area contributed by atoms with Gasteiger partial charge in [0, 0.05) is 11.1 Å². The number of carbonyl (C=O) groups is 2. The maximum atomic E-state index is 12.5. The van der Waals surface area contributed by atoms with E-state index >= 15 is 0 Å². The molecule has 0 aromatic heterocycles. The smallest absolute Gasteiger partial charge is 0.267 e. The highest BCUT2D eigenvalue weighted by molar-refractivity contribution is 5.99. The highest BCUT2D eigenvalue weighted by atomic mass is 19.4. The molecule has 7 heteroatoms. The van der Waals surface area contributed by atoms with Gasteiger partial charge in [0.05, 0.1) is 5.56 Å². The van der Waals surface area contributed by atoms with E-state index in [1.165, 1.54) is 0 Å². The van der Waals surface area contributed by atoms with Crippen molar-refractivity contribution < 1.29 is 22.8 Å². The van der Waals surface area contributed by atoms with Gasteiger partial charge < -0.3 is 0 Å². The molecular formula is C17H15F3N2O2. The summed E-state index contributed by atoms with van der Waals surface area (Å²) in [7, 11) is 0. The Morgan fingerprint density at radius 1 is 0.833 bits per heavy atom. The van der Waals surface area contributed by atoms with E-state index in [9.17, 15) is 22.8 Å². The van der Waals surface area contributed by atoms with Crippen molar-refractivity contribution in [3.05, 3.63) is 70.8 Å². The van der Waals surface area contributed by atoms with Gasteiger partial charge in [-0.3, -0.25) is 20.4 Å². The highest BCUT2D eigenvalue weighted by Gasteiger charge is 2.30. The first-order chi connectivity index (χ1) is 11.3.